The molecule has 44 heavy (non-hydrogen) atoms. The van der Waals surface area contributed by atoms with Crippen LogP contribution < -0.4 is 0 Å². The number of benzene rings is 1. The largest absolute Gasteiger partial charge is 0.481 e. The van der Waals surface area contributed by atoms with E-state index >= 15 is 0 Å². The molecule has 0 bridgehead atoms. The smallest absolute Gasteiger partial charge is 0.336 e. The van der Waals surface area contributed by atoms with Crippen molar-refractivity contribution in [2.45, 2.75) is 49.5 Å². The van der Waals surface area contributed by atoms with Gasteiger partial charge < -0.3 is 30.2 Å². The lowest BCUT2D eigenvalue weighted by Crippen LogP contribution is -2.44. The molecule has 2 fully saturated rings. The Bertz CT molecular complexity index is 1240. The van der Waals surface area contributed by atoms with Crippen LogP contribution in [0.3, 0.4) is 0 Å². The SMILES string of the molecule is CN(C)CCC1CCN(C(=O)CN2C[C@H](c3ccc(F)cc3)[C@@H](c3csnn3)C2)CC1.O=C(O)CC(O)(CC(=O)O)C(=O)O. The second-order valence-electron chi connectivity index (χ2n) is 11.7. The highest BCUT2D eigenvalue weighted by atomic mass is 32.1. The molecule has 2 saturated heterocycles. The number of nitrogens with zero attached hydrogens (tertiary/aromatic N) is 5. The fourth-order valence-corrected chi connectivity index (χ4v) is 6.13. The zero-order valence-electron chi connectivity index (χ0n) is 24.8. The number of carboxylic acid groups (broad SMARTS) is 3. The first-order valence-corrected chi connectivity index (χ1v) is 15.2. The van der Waals surface area contributed by atoms with Gasteiger partial charge in [0.05, 0.1) is 25.1 Å². The van der Waals surface area contributed by atoms with Crippen molar-refractivity contribution in [2.75, 3.05) is 53.4 Å². The molecule has 2 aromatic rings. The van der Waals surface area contributed by atoms with Crippen LogP contribution in [0.5, 0.6) is 0 Å². The number of rotatable bonds is 12. The number of carbonyl (C=O) groups is 4. The van der Waals surface area contributed by atoms with E-state index in [1.807, 2.05) is 22.4 Å². The van der Waals surface area contributed by atoms with Crippen LogP contribution >= 0.6 is 11.5 Å². The average molecular weight is 638 g/mol. The summed E-state index contributed by atoms with van der Waals surface area (Å²) in [5.74, 6) is -3.93. The van der Waals surface area contributed by atoms with E-state index in [2.05, 4.69) is 33.5 Å². The molecule has 2 aliphatic heterocycles. The molecule has 1 aromatic heterocycles. The number of aliphatic carboxylic acids is 3. The number of carbonyl (C=O) groups excluding carboxylic acids is 1. The molecule has 0 spiro atoms. The fraction of sp³-hybridized carbons (Fsp3) is 0.586. The van der Waals surface area contributed by atoms with Gasteiger partial charge in [0, 0.05) is 43.4 Å². The Morgan fingerprint density at radius 3 is 2.09 bits per heavy atom. The summed E-state index contributed by atoms with van der Waals surface area (Å²) in [6, 6.07) is 6.74. The lowest BCUT2D eigenvalue weighted by Gasteiger charge is -2.33. The Morgan fingerprint density at radius 2 is 1.59 bits per heavy atom. The minimum atomic E-state index is -2.74. The molecular weight excluding hydrogens is 597 g/mol. The Morgan fingerprint density at radius 1 is 1.00 bits per heavy atom. The molecule has 0 radical (unpaired) electrons. The van der Waals surface area contributed by atoms with E-state index in [0.29, 0.717) is 6.54 Å². The van der Waals surface area contributed by atoms with E-state index in [4.69, 9.17) is 20.4 Å². The van der Waals surface area contributed by atoms with Gasteiger partial charge in [-0.1, -0.05) is 16.6 Å². The zero-order valence-corrected chi connectivity index (χ0v) is 25.7. The molecule has 4 N–H and O–H groups in total. The number of likely N-dealkylation sites (tertiary alicyclic amines) is 2. The highest BCUT2D eigenvalue weighted by Crippen LogP contribution is 2.39. The van der Waals surface area contributed by atoms with E-state index in [1.165, 1.54) is 30.1 Å². The summed E-state index contributed by atoms with van der Waals surface area (Å²) in [7, 11) is 4.23. The van der Waals surface area contributed by atoms with Crippen molar-refractivity contribution in [3.05, 3.63) is 46.7 Å². The van der Waals surface area contributed by atoms with Crippen LogP contribution in [0.1, 0.15) is 55.2 Å². The van der Waals surface area contributed by atoms with Gasteiger partial charge in [0.25, 0.3) is 0 Å². The van der Waals surface area contributed by atoms with Crippen LogP contribution in [-0.4, -0.2) is 127 Å². The van der Waals surface area contributed by atoms with Crippen LogP contribution in [0.25, 0.3) is 0 Å². The van der Waals surface area contributed by atoms with Crippen molar-refractivity contribution in [3.63, 3.8) is 0 Å². The Kier molecular flexibility index (Phi) is 12.7. The Labute approximate surface area is 259 Å². The minimum absolute atomic E-state index is 0.175. The monoisotopic (exact) mass is 637 g/mol. The summed E-state index contributed by atoms with van der Waals surface area (Å²) >= 11 is 1.35. The summed E-state index contributed by atoms with van der Waals surface area (Å²) in [6.45, 7) is 4.84. The molecule has 0 saturated carbocycles. The second-order valence-corrected chi connectivity index (χ2v) is 12.3. The van der Waals surface area contributed by atoms with E-state index in [-0.39, 0.29) is 23.6 Å². The third-order valence-electron chi connectivity index (χ3n) is 8.05. The number of aliphatic hydroxyl groups is 1. The first-order chi connectivity index (χ1) is 20.8. The van der Waals surface area contributed by atoms with Crippen molar-refractivity contribution < 1.29 is 44.0 Å². The van der Waals surface area contributed by atoms with Crippen LogP contribution in [0, 0.1) is 11.7 Å². The molecule has 0 aliphatic carbocycles. The number of piperidine rings is 1. The average Bonchev–Trinajstić information content (AvgIpc) is 3.62. The Hall–Kier alpha value is -3.53. The van der Waals surface area contributed by atoms with Crippen LogP contribution in [-0.2, 0) is 19.2 Å². The molecular formula is C29H40FN5O8S. The molecule has 0 unspecified atom stereocenters. The van der Waals surface area contributed by atoms with E-state index in [1.54, 1.807) is 0 Å². The zero-order chi connectivity index (χ0) is 32.4. The van der Waals surface area contributed by atoms with E-state index < -0.39 is 36.4 Å². The molecule has 2 atom stereocenters. The number of halogens is 1. The second kappa shape index (κ2) is 16.0. The summed E-state index contributed by atoms with van der Waals surface area (Å²) in [5, 5.41) is 40.1. The number of carboxylic acids is 3. The van der Waals surface area contributed by atoms with Gasteiger partial charge in [0.15, 0.2) is 5.60 Å². The standard InChI is InChI=1S/C23H32FN5OS.C6H8O7/c1-27(2)10-7-17-8-11-29(12-9-17)23(30)15-28-13-20(18-3-5-19(24)6-4-18)21(14-28)22-16-31-26-25-22;7-3(8)1-6(13,5(11)12)2-4(9)10/h3-6,16-17,20-21H,7-15H2,1-2H3;13H,1-2H2,(H,7,8)(H,9,10)(H,11,12)/t20-,21+;/m1./s1. The van der Waals surface area contributed by atoms with Crippen molar-refractivity contribution in [1.82, 2.24) is 24.3 Å². The topological polar surface area (TPSA) is 185 Å². The number of hydrogen-bond acceptors (Lipinski definition) is 10. The summed E-state index contributed by atoms with van der Waals surface area (Å²) in [5.41, 5.74) is -0.676. The normalized spacial score (nSPS) is 19.4. The van der Waals surface area contributed by atoms with Crippen molar-refractivity contribution in [2.24, 2.45) is 5.92 Å². The Balaban J connectivity index is 0.000000345. The lowest BCUT2D eigenvalue weighted by atomic mass is 9.87. The molecule has 2 aliphatic rings. The molecule has 242 valence electrons. The molecule has 1 aromatic carbocycles. The molecule has 15 heteroatoms. The first-order valence-electron chi connectivity index (χ1n) is 14.3. The summed E-state index contributed by atoms with van der Waals surface area (Å²) in [4.78, 5) is 50.0. The highest BCUT2D eigenvalue weighted by molar-refractivity contribution is 7.03. The first kappa shape index (κ1) is 35.0. The van der Waals surface area contributed by atoms with Gasteiger partial charge >= 0.3 is 17.9 Å². The maximum absolute atomic E-state index is 13.4. The predicted molar refractivity (Wildman–Crippen MR) is 158 cm³/mol. The van der Waals surface area contributed by atoms with Gasteiger partial charge in [-0.2, -0.15) is 0 Å². The van der Waals surface area contributed by atoms with E-state index in [0.717, 1.165) is 62.7 Å². The van der Waals surface area contributed by atoms with Crippen LogP contribution in [0.2, 0.25) is 0 Å². The van der Waals surface area contributed by atoms with Gasteiger partial charge in [0.1, 0.15) is 5.82 Å². The fourth-order valence-electron chi connectivity index (χ4n) is 5.61. The third kappa shape index (κ3) is 10.3. The van der Waals surface area contributed by atoms with Crippen molar-refractivity contribution in [3.8, 4) is 0 Å². The predicted octanol–water partition coefficient (Wildman–Crippen LogP) is 1.80. The van der Waals surface area contributed by atoms with E-state index in [9.17, 15) is 23.6 Å². The third-order valence-corrected chi connectivity index (χ3v) is 8.57. The van der Waals surface area contributed by atoms with Gasteiger partial charge in [-0.05, 0) is 75.0 Å². The van der Waals surface area contributed by atoms with Gasteiger partial charge in [-0.3, -0.25) is 19.3 Å². The number of hydrogen-bond donors (Lipinski definition) is 4. The molecule has 1 amide bonds. The molecule has 3 heterocycles. The molecule has 13 nitrogen and oxygen atoms in total. The summed E-state index contributed by atoms with van der Waals surface area (Å²) in [6.07, 6.45) is 1.13. The minimum Gasteiger partial charge on any atom is -0.481 e. The van der Waals surface area contributed by atoms with Crippen molar-refractivity contribution >= 4 is 35.3 Å². The van der Waals surface area contributed by atoms with Gasteiger partial charge in [-0.15, -0.1) is 5.10 Å². The quantitative estimate of drug-likeness (QED) is 0.265. The number of amides is 1. The van der Waals surface area contributed by atoms with Crippen molar-refractivity contribution in [1.29, 1.82) is 0 Å². The maximum atomic E-state index is 13.4. The number of aromatic nitrogens is 2. The van der Waals surface area contributed by atoms with Crippen LogP contribution in [0.4, 0.5) is 4.39 Å². The lowest BCUT2D eigenvalue weighted by molar-refractivity contribution is -0.170. The maximum Gasteiger partial charge on any atom is 0.336 e. The summed E-state index contributed by atoms with van der Waals surface area (Å²) < 4.78 is 17.5. The highest BCUT2D eigenvalue weighted by Gasteiger charge is 2.41. The van der Waals surface area contributed by atoms with Crippen LogP contribution in [0.15, 0.2) is 29.6 Å². The molecule has 4 rings (SSSR count). The van der Waals surface area contributed by atoms with Gasteiger partial charge in [-0.25, -0.2) is 9.18 Å². The van der Waals surface area contributed by atoms with Gasteiger partial charge in [0.2, 0.25) is 5.91 Å².